The molecule has 0 saturated heterocycles. The molecule has 0 aliphatic rings. The van der Waals surface area contributed by atoms with Crippen molar-refractivity contribution in [1.29, 1.82) is 0 Å². The largest absolute Gasteiger partial charge is 0.505 e. The first kappa shape index (κ1) is 9.98. The van der Waals surface area contributed by atoms with E-state index in [1.54, 1.807) is 0 Å². The van der Waals surface area contributed by atoms with E-state index in [0.717, 1.165) is 6.07 Å². The second-order valence-electron chi connectivity index (χ2n) is 2.37. The molecule has 0 atom stereocenters. The molecule has 0 bridgehead atoms. The van der Waals surface area contributed by atoms with Crippen LogP contribution in [-0.2, 0) is 5.88 Å². The fraction of sp³-hybridized carbons (Fsp3) is 0.286. The zero-order valence-corrected chi connectivity index (χ0v) is 7.22. The number of aromatic nitrogens is 1. The summed E-state index contributed by atoms with van der Waals surface area (Å²) in [6.07, 6.45) is -2.78. The molecule has 1 aromatic rings. The molecule has 0 aliphatic carbocycles. The van der Waals surface area contributed by atoms with Crippen molar-refractivity contribution in [2.45, 2.75) is 12.3 Å². The van der Waals surface area contributed by atoms with E-state index in [1.165, 1.54) is 0 Å². The smallest absolute Gasteiger partial charge is 0.267 e. The Hall–Kier alpha value is -1.10. The van der Waals surface area contributed by atoms with E-state index in [0.29, 0.717) is 0 Å². The molecule has 1 rings (SSSR count). The van der Waals surface area contributed by atoms with Gasteiger partial charge in [-0.25, -0.2) is 13.8 Å². The quantitative estimate of drug-likeness (QED) is 0.732. The van der Waals surface area contributed by atoms with Gasteiger partial charge in [-0.3, -0.25) is 0 Å². The van der Waals surface area contributed by atoms with Crippen molar-refractivity contribution in [1.82, 2.24) is 4.98 Å². The summed E-state index contributed by atoms with van der Waals surface area (Å²) in [5.41, 5.74) is 4.66. The third-order valence-corrected chi connectivity index (χ3v) is 1.73. The number of nitrogens with zero attached hydrogens (tertiary/aromatic N) is 1. The molecule has 72 valence electrons. The van der Waals surface area contributed by atoms with E-state index in [9.17, 15) is 13.9 Å². The third-order valence-electron chi connectivity index (χ3n) is 1.48. The number of rotatable bonds is 2. The van der Waals surface area contributed by atoms with Gasteiger partial charge >= 0.3 is 0 Å². The van der Waals surface area contributed by atoms with E-state index in [4.69, 9.17) is 17.3 Å². The minimum absolute atomic E-state index is 0.0306. The lowest BCUT2D eigenvalue weighted by molar-refractivity contribution is 0.147. The number of nitrogen functional groups attached to an aromatic ring is 1. The Bertz CT molecular complexity index is 320. The summed E-state index contributed by atoms with van der Waals surface area (Å²) in [7, 11) is 0. The molecular formula is C7H7ClF2N2O. The lowest BCUT2D eigenvalue weighted by Gasteiger charge is -2.07. The topological polar surface area (TPSA) is 59.1 Å². The number of alkyl halides is 3. The van der Waals surface area contributed by atoms with Gasteiger partial charge in [0.05, 0.1) is 17.1 Å². The van der Waals surface area contributed by atoms with Gasteiger partial charge in [0.25, 0.3) is 6.43 Å². The van der Waals surface area contributed by atoms with Gasteiger partial charge < -0.3 is 10.8 Å². The number of halogens is 3. The number of aromatic hydroxyl groups is 1. The SMILES string of the molecule is Nc1cc(C(F)F)c(O)c(CCl)n1. The van der Waals surface area contributed by atoms with Crippen LogP contribution >= 0.6 is 11.6 Å². The van der Waals surface area contributed by atoms with Crippen molar-refractivity contribution in [3.8, 4) is 5.75 Å². The molecule has 1 heterocycles. The Morgan fingerprint density at radius 3 is 2.69 bits per heavy atom. The highest BCUT2D eigenvalue weighted by molar-refractivity contribution is 6.17. The molecule has 0 fully saturated rings. The maximum absolute atomic E-state index is 12.2. The van der Waals surface area contributed by atoms with Gasteiger partial charge in [-0.15, -0.1) is 11.6 Å². The second kappa shape index (κ2) is 3.74. The van der Waals surface area contributed by atoms with E-state index in [2.05, 4.69) is 4.98 Å². The molecule has 0 saturated carbocycles. The molecule has 6 heteroatoms. The van der Waals surface area contributed by atoms with E-state index >= 15 is 0 Å². The van der Waals surface area contributed by atoms with Crippen molar-refractivity contribution >= 4 is 17.4 Å². The number of hydrogen-bond donors (Lipinski definition) is 2. The van der Waals surface area contributed by atoms with Crippen LogP contribution < -0.4 is 5.73 Å². The van der Waals surface area contributed by atoms with Crippen LogP contribution in [0.2, 0.25) is 0 Å². The molecule has 0 aromatic carbocycles. The summed E-state index contributed by atoms with van der Waals surface area (Å²) in [6.45, 7) is 0. The van der Waals surface area contributed by atoms with Gasteiger partial charge in [0.1, 0.15) is 11.6 Å². The van der Waals surface area contributed by atoms with Gasteiger partial charge in [-0.2, -0.15) is 0 Å². The Morgan fingerprint density at radius 1 is 1.62 bits per heavy atom. The number of hydrogen-bond acceptors (Lipinski definition) is 3. The predicted molar refractivity (Wildman–Crippen MR) is 44.8 cm³/mol. The van der Waals surface area contributed by atoms with Crippen molar-refractivity contribution in [2.75, 3.05) is 5.73 Å². The highest BCUT2D eigenvalue weighted by Gasteiger charge is 2.17. The maximum Gasteiger partial charge on any atom is 0.267 e. The van der Waals surface area contributed by atoms with Crippen LogP contribution in [0.25, 0.3) is 0 Å². The zero-order chi connectivity index (χ0) is 10.0. The summed E-state index contributed by atoms with van der Waals surface area (Å²) in [5, 5.41) is 9.20. The number of anilines is 1. The Balaban J connectivity index is 3.27. The second-order valence-corrected chi connectivity index (χ2v) is 2.63. The van der Waals surface area contributed by atoms with Crippen LogP contribution in [0.3, 0.4) is 0 Å². The van der Waals surface area contributed by atoms with Crippen molar-refractivity contribution in [2.24, 2.45) is 0 Å². The van der Waals surface area contributed by atoms with E-state index in [-0.39, 0.29) is 17.4 Å². The van der Waals surface area contributed by atoms with Crippen LogP contribution in [0.4, 0.5) is 14.6 Å². The first-order valence-electron chi connectivity index (χ1n) is 3.38. The highest BCUT2D eigenvalue weighted by Crippen LogP contribution is 2.32. The molecular weight excluding hydrogens is 202 g/mol. The van der Waals surface area contributed by atoms with Crippen LogP contribution in [-0.4, -0.2) is 10.1 Å². The fourth-order valence-corrected chi connectivity index (χ4v) is 1.08. The number of nitrogens with two attached hydrogens (primary N) is 1. The van der Waals surface area contributed by atoms with Crippen molar-refractivity contribution in [3.63, 3.8) is 0 Å². The predicted octanol–water partition coefficient (Wildman–Crippen LogP) is 2.05. The van der Waals surface area contributed by atoms with Gasteiger partial charge in [0.2, 0.25) is 0 Å². The first-order valence-corrected chi connectivity index (χ1v) is 3.92. The average molecular weight is 209 g/mol. The Labute approximate surface area is 78.1 Å². The van der Waals surface area contributed by atoms with E-state index in [1.807, 2.05) is 0 Å². The minimum Gasteiger partial charge on any atom is -0.505 e. The zero-order valence-electron chi connectivity index (χ0n) is 6.47. The van der Waals surface area contributed by atoms with Crippen LogP contribution in [0, 0.1) is 0 Å². The summed E-state index contributed by atoms with van der Waals surface area (Å²) in [5.74, 6) is -0.820. The lowest BCUT2D eigenvalue weighted by atomic mass is 10.2. The van der Waals surface area contributed by atoms with E-state index < -0.39 is 17.7 Å². The summed E-state index contributed by atoms with van der Waals surface area (Å²) in [4.78, 5) is 3.60. The first-order chi connectivity index (χ1) is 6.06. The number of pyridine rings is 1. The molecule has 0 aliphatic heterocycles. The molecule has 0 radical (unpaired) electrons. The summed E-state index contributed by atoms with van der Waals surface area (Å²) in [6, 6.07) is 0.927. The molecule has 0 spiro atoms. The van der Waals surface area contributed by atoms with Gasteiger partial charge in [0.15, 0.2) is 0 Å². The van der Waals surface area contributed by atoms with Gasteiger partial charge in [-0.05, 0) is 6.07 Å². The maximum atomic E-state index is 12.2. The molecule has 3 N–H and O–H groups in total. The van der Waals surface area contributed by atoms with Gasteiger partial charge in [0, 0.05) is 0 Å². The average Bonchev–Trinajstić information content (AvgIpc) is 2.08. The van der Waals surface area contributed by atoms with Gasteiger partial charge in [-0.1, -0.05) is 0 Å². The van der Waals surface area contributed by atoms with Crippen LogP contribution in [0.1, 0.15) is 17.7 Å². The van der Waals surface area contributed by atoms with Crippen molar-refractivity contribution < 1.29 is 13.9 Å². The Kier molecular flexibility index (Phi) is 2.87. The third kappa shape index (κ3) is 1.98. The summed E-state index contributed by atoms with van der Waals surface area (Å²) < 4.78 is 24.5. The van der Waals surface area contributed by atoms with Crippen LogP contribution in [0.5, 0.6) is 5.75 Å². The normalized spacial score (nSPS) is 10.8. The Morgan fingerprint density at radius 2 is 2.23 bits per heavy atom. The molecule has 0 unspecified atom stereocenters. The van der Waals surface area contributed by atoms with Crippen LogP contribution in [0.15, 0.2) is 6.07 Å². The fourth-order valence-electron chi connectivity index (χ4n) is 0.895. The lowest BCUT2D eigenvalue weighted by Crippen LogP contribution is -1.98. The van der Waals surface area contributed by atoms with Crippen molar-refractivity contribution in [3.05, 3.63) is 17.3 Å². The minimum atomic E-state index is -2.78. The molecule has 1 aromatic heterocycles. The molecule has 13 heavy (non-hydrogen) atoms. The molecule has 3 nitrogen and oxygen atoms in total. The molecule has 0 amide bonds. The summed E-state index contributed by atoms with van der Waals surface area (Å²) >= 11 is 5.36. The standard InChI is InChI=1S/C7H7ClF2N2O/c8-2-4-6(13)3(7(9)10)1-5(11)12-4/h1,7,13H,2H2,(H2,11,12). The monoisotopic (exact) mass is 208 g/mol. The highest BCUT2D eigenvalue weighted by atomic mass is 35.5.